The number of nitrogens with one attached hydrogen (secondary N) is 3. The molecule has 0 aliphatic rings. The maximum atomic E-state index is 12.0. The van der Waals surface area contributed by atoms with Crippen molar-refractivity contribution in [1.29, 1.82) is 0 Å². The zero-order chi connectivity index (χ0) is 19.1. The first-order valence-electron chi connectivity index (χ1n) is 7.35. The highest BCUT2D eigenvalue weighted by Crippen LogP contribution is 2.26. The van der Waals surface area contributed by atoms with Gasteiger partial charge in [0.05, 0.1) is 25.7 Å². The number of thioether (sulfide) groups is 1. The lowest BCUT2D eigenvalue weighted by atomic mass is 10.2. The fourth-order valence-electron chi connectivity index (χ4n) is 1.83. The highest BCUT2D eigenvalue weighted by atomic mass is 32.2. The average Bonchev–Trinajstić information content (AvgIpc) is 2.63. The molecule has 1 heterocycles. The van der Waals surface area contributed by atoms with Crippen LogP contribution in [0.3, 0.4) is 0 Å². The van der Waals surface area contributed by atoms with Gasteiger partial charge in [-0.3, -0.25) is 14.6 Å². The molecule has 11 heteroatoms. The monoisotopic (exact) mass is 379 g/mol. The number of hydrogen-bond acceptors (Lipinski definition) is 8. The van der Waals surface area contributed by atoms with E-state index in [4.69, 9.17) is 9.47 Å². The fraction of sp³-hybridized carbons (Fsp3) is 0.267. The van der Waals surface area contributed by atoms with Crippen molar-refractivity contribution >= 4 is 23.9 Å². The van der Waals surface area contributed by atoms with Crippen LogP contribution in [0.5, 0.6) is 11.5 Å². The van der Waals surface area contributed by atoms with Crippen molar-refractivity contribution in [3.8, 4) is 11.5 Å². The number of methoxy groups -OCH3 is 2. The van der Waals surface area contributed by atoms with Gasteiger partial charge in [-0.2, -0.15) is 10.2 Å². The van der Waals surface area contributed by atoms with Gasteiger partial charge in [-0.1, -0.05) is 11.8 Å². The number of hydrogen-bond donors (Lipinski definition) is 3. The molecule has 0 saturated carbocycles. The van der Waals surface area contributed by atoms with Gasteiger partial charge in [-0.15, -0.1) is 0 Å². The number of H-pyrrole nitrogens is 2. The third-order valence-corrected chi connectivity index (χ3v) is 4.20. The Labute approximate surface area is 152 Å². The first-order chi connectivity index (χ1) is 12.4. The summed E-state index contributed by atoms with van der Waals surface area (Å²) in [5, 5.41) is 8.91. The maximum Gasteiger partial charge on any atom is 0.342 e. The predicted molar refractivity (Wildman–Crippen MR) is 96.1 cm³/mol. The normalized spacial score (nSPS) is 12.0. The number of nitrogens with zero attached hydrogens (tertiary/aromatic N) is 2. The van der Waals surface area contributed by atoms with Crippen molar-refractivity contribution < 1.29 is 14.3 Å². The number of aromatic nitrogens is 3. The van der Waals surface area contributed by atoms with Gasteiger partial charge in [0.15, 0.2) is 16.5 Å². The van der Waals surface area contributed by atoms with E-state index in [9.17, 15) is 14.4 Å². The van der Waals surface area contributed by atoms with Crippen LogP contribution in [0, 0.1) is 0 Å². The molecule has 26 heavy (non-hydrogen) atoms. The molecular weight excluding hydrogens is 362 g/mol. The number of ether oxygens (including phenoxy) is 2. The highest BCUT2D eigenvalue weighted by molar-refractivity contribution is 8.00. The van der Waals surface area contributed by atoms with E-state index in [1.54, 1.807) is 25.1 Å². The lowest BCUT2D eigenvalue weighted by Gasteiger charge is -2.08. The molecule has 2 aromatic rings. The molecule has 1 aromatic heterocycles. The Kier molecular flexibility index (Phi) is 6.55. The molecule has 0 aliphatic heterocycles. The smallest absolute Gasteiger partial charge is 0.342 e. The van der Waals surface area contributed by atoms with Crippen molar-refractivity contribution in [2.24, 2.45) is 5.10 Å². The molecule has 1 amide bonds. The number of amides is 1. The number of benzene rings is 1. The first-order valence-corrected chi connectivity index (χ1v) is 8.23. The Bertz CT molecular complexity index is 923. The topological polar surface area (TPSA) is 139 Å². The molecule has 3 N–H and O–H groups in total. The average molecular weight is 379 g/mol. The van der Waals surface area contributed by atoms with Crippen LogP contribution in [0.1, 0.15) is 12.5 Å². The van der Waals surface area contributed by atoms with Gasteiger partial charge in [-0.05, 0) is 30.7 Å². The fourth-order valence-corrected chi connectivity index (χ4v) is 2.58. The van der Waals surface area contributed by atoms with E-state index in [2.05, 4.69) is 20.7 Å². The summed E-state index contributed by atoms with van der Waals surface area (Å²) in [4.78, 5) is 36.6. The van der Waals surface area contributed by atoms with Gasteiger partial charge in [0, 0.05) is 0 Å². The van der Waals surface area contributed by atoms with Gasteiger partial charge >= 0.3 is 5.69 Å². The second-order valence-electron chi connectivity index (χ2n) is 4.92. The summed E-state index contributed by atoms with van der Waals surface area (Å²) in [6, 6.07) is 5.17. The van der Waals surface area contributed by atoms with Crippen LogP contribution in [0.4, 0.5) is 0 Å². The summed E-state index contributed by atoms with van der Waals surface area (Å²) in [5.74, 6) is 0.687. The van der Waals surface area contributed by atoms with Crippen molar-refractivity contribution in [2.75, 3.05) is 14.2 Å². The summed E-state index contributed by atoms with van der Waals surface area (Å²) in [5.41, 5.74) is 1.70. The van der Waals surface area contributed by atoms with E-state index in [1.807, 2.05) is 4.98 Å². The summed E-state index contributed by atoms with van der Waals surface area (Å²) in [7, 11) is 3.05. The number of rotatable bonds is 7. The van der Waals surface area contributed by atoms with Crippen LogP contribution < -0.4 is 26.1 Å². The van der Waals surface area contributed by atoms with Gasteiger partial charge < -0.3 is 9.47 Å². The van der Waals surface area contributed by atoms with Crippen molar-refractivity contribution in [1.82, 2.24) is 20.6 Å². The van der Waals surface area contributed by atoms with Crippen molar-refractivity contribution in [3.05, 3.63) is 44.6 Å². The molecule has 0 fully saturated rings. The zero-order valence-corrected chi connectivity index (χ0v) is 15.0. The lowest BCUT2D eigenvalue weighted by molar-refractivity contribution is -0.120. The van der Waals surface area contributed by atoms with Crippen LogP contribution >= 0.6 is 11.8 Å². The lowest BCUT2D eigenvalue weighted by Crippen LogP contribution is -2.30. The van der Waals surface area contributed by atoms with E-state index in [0.717, 1.165) is 11.8 Å². The SMILES string of the molecule is COc1ccc(/C=N/NC(=O)C(C)Sc2n[nH]c(=O)[nH]c2=O)cc1OC. The second-order valence-corrected chi connectivity index (χ2v) is 6.25. The molecule has 138 valence electrons. The molecule has 1 unspecified atom stereocenters. The molecule has 0 bridgehead atoms. The van der Waals surface area contributed by atoms with E-state index >= 15 is 0 Å². The van der Waals surface area contributed by atoms with Gasteiger partial charge in [-0.25, -0.2) is 15.3 Å². The second kappa shape index (κ2) is 8.85. The number of carbonyl (C=O) groups excluding carboxylic acids is 1. The van der Waals surface area contributed by atoms with Crippen LogP contribution in [-0.2, 0) is 4.79 Å². The summed E-state index contributed by atoms with van der Waals surface area (Å²) in [6.45, 7) is 1.58. The standard InChI is InChI=1S/C15H17N5O5S/c1-8(26-14-13(22)17-15(23)20-19-14)12(21)18-16-7-9-4-5-10(24-2)11(6-9)25-3/h4-8H,1-3H3,(H,18,21)(H2,17,20,22,23)/b16-7+. The molecule has 10 nitrogen and oxygen atoms in total. The first kappa shape index (κ1) is 19.2. The van der Waals surface area contributed by atoms with E-state index in [1.165, 1.54) is 20.4 Å². The van der Waals surface area contributed by atoms with Crippen LogP contribution in [0.25, 0.3) is 0 Å². The Hall–Kier alpha value is -3.08. The predicted octanol–water partition coefficient (Wildman–Crippen LogP) is 0.106. The number of hydrazone groups is 1. The number of carbonyl (C=O) groups is 1. The third-order valence-electron chi connectivity index (χ3n) is 3.13. The summed E-state index contributed by atoms with van der Waals surface area (Å²) in [6.07, 6.45) is 1.45. The minimum atomic E-state index is -0.712. The van der Waals surface area contributed by atoms with Gasteiger partial charge in [0.25, 0.3) is 11.5 Å². The molecule has 1 atom stereocenters. The van der Waals surface area contributed by atoms with Crippen molar-refractivity contribution in [3.63, 3.8) is 0 Å². The van der Waals surface area contributed by atoms with Crippen LogP contribution in [0.15, 0.2) is 37.9 Å². The summed E-state index contributed by atoms with van der Waals surface area (Å²) >= 11 is 0.897. The van der Waals surface area contributed by atoms with Crippen LogP contribution in [-0.4, -0.2) is 46.8 Å². The van der Waals surface area contributed by atoms with Crippen molar-refractivity contribution in [2.45, 2.75) is 17.2 Å². The zero-order valence-electron chi connectivity index (χ0n) is 14.2. The molecule has 0 aliphatic carbocycles. The summed E-state index contributed by atoms with van der Waals surface area (Å²) < 4.78 is 10.3. The van der Waals surface area contributed by atoms with E-state index in [-0.39, 0.29) is 5.03 Å². The third kappa shape index (κ3) is 4.96. The van der Waals surface area contributed by atoms with E-state index < -0.39 is 22.4 Å². The minimum Gasteiger partial charge on any atom is -0.493 e. The van der Waals surface area contributed by atoms with Gasteiger partial charge in [0.1, 0.15) is 0 Å². The Morgan fingerprint density at radius 1 is 1.31 bits per heavy atom. The maximum absolute atomic E-state index is 12.0. The highest BCUT2D eigenvalue weighted by Gasteiger charge is 2.17. The molecule has 0 radical (unpaired) electrons. The molecule has 2 rings (SSSR count). The Morgan fingerprint density at radius 3 is 2.69 bits per heavy atom. The minimum absolute atomic E-state index is 0.0175. The van der Waals surface area contributed by atoms with E-state index in [0.29, 0.717) is 17.1 Å². The Balaban J connectivity index is 1.98. The molecule has 1 aromatic carbocycles. The molecular formula is C15H17N5O5S. The van der Waals surface area contributed by atoms with Crippen LogP contribution in [0.2, 0.25) is 0 Å². The Morgan fingerprint density at radius 2 is 2.04 bits per heavy atom. The largest absolute Gasteiger partial charge is 0.493 e. The van der Waals surface area contributed by atoms with Gasteiger partial charge in [0.2, 0.25) is 0 Å². The molecule has 0 saturated heterocycles. The number of aromatic amines is 2. The quantitative estimate of drug-likeness (QED) is 0.352. The molecule has 0 spiro atoms.